The SMILES string of the molecule is ClS1(Cc2ccccc2)C=CC2=C1CN(Br)C=C2. The molecule has 0 N–H and O–H groups in total. The Balaban J connectivity index is 1.90. The van der Waals surface area contributed by atoms with Gasteiger partial charge in [0.25, 0.3) is 0 Å². The van der Waals surface area contributed by atoms with E-state index in [4.69, 9.17) is 10.7 Å². The van der Waals surface area contributed by atoms with Crippen LogP contribution in [0.4, 0.5) is 0 Å². The predicted octanol–water partition coefficient (Wildman–Crippen LogP) is 5.07. The normalized spacial score (nSPS) is 29.3. The summed E-state index contributed by atoms with van der Waals surface area (Å²) >= 11 is 3.50. The van der Waals surface area contributed by atoms with Gasteiger partial charge in [0.15, 0.2) is 0 Å². The lowest BCUT2D eigenvalue weighted by atomic mass is 10.2. The van der Waals surface area contributed by atoms with Gasteiger partial charge in [0.05, 0.1) is 6.54 Å². The Morgan fingerprint density at radius 3 is 2.78 bits per heavy atom. The molecule has 2 heterocycles. The van der Waals surface area contributed by atoms with Crippen molar-refractivity contribution >= 4 is 36.1 Å². The number of hydrogen-bond donors (Lipinski definition) is 0. The number of halogens is 2. The highest BCUT2D eigenvalue weighted by molar-refractivity contribution is 9.07. The molecule has 4 heteroatoms. The summed E-state index contributed by atoms with van der Waals surface area (Å²) in [6.45, 7) is 0.866. The van der Waals surface area contributed by atoms with Gasteiger partial charge in [-0.2, -0.15) is 0 Å². The Hall–Kier alpha value is -0.640. The van der Waals surface area contributed by atoms with Crippen LogP contribution in [0.25, 0.3) is 0 Å². The van der Waals surface area contributed by atoms with Crippen LogP contribution in [0.1, 0.15) is 5.56 Å². The third kappa shape index (κ3) is 2.27. The van der Waals surface area contributed by atoms with Gasteiger partial charge in [0.1, 0.15) is 0 Å². The number of allylic oxidation sites excluding steroid dienone is 3. The summed E-state index contributed by atoms with van der Waals surface area (Å²) in [7, 11) is 5.56. The molecule has 0 radical (unpaired) electrons. The van der Waals surface area contributed by atoms with E-state index >= 15 is 0 Å². The van der Waals surface area contributed by atoms with Gasteiger partial charge in [-0.05, 0) is 28.7 Å². The fourth-order valence-corrected chi connectivity index (χ4v) is 6.04. The number of benzene rings is 1. The van der Waals surface area contributed by atoms with Crippen LogP contribution in [0, 0.1) is 0 Å². The zero-order valence-corrected chi connectivity index (χ0v) is 12.9. The zero-order chi connectivity index (χ0) is 12.6. The molecule has 1 unspecified atom stereocenters. The number of hydrogen-bond acceptors (Lipinski definition) is 1. The van der Waals surface area contributed by atoms with E-state index in [1.165, 1.54) is 16.0 Å². The first-order valence-electron chi connectivity index (χ1n) is 5.74. The minimum atomic E-state index is -1.34. The molecule has 0 spiro atoms. The molecule has 0 aliphatic carbocycles. The van der Waals surface area contributed by atoms with Crippen molar-refractivity contribution in [1.29, 1.82) is 0 Å². The minimum absolute atomic E-state index is 0.866. The van der Waals surface area contributed by atoms with Crippen LogP contribution in [-0.4, -0.2) is 10.5 Å². The number of rotatable bonds is 2. The van der Waals surface area contributed by atoms with E-state index in [0.29, 0.717) is 0 Å². The van der Waals surface area contributed by atoms with Gasteiger partial charge in [0.2, 0.25) is 0 Å². The molecule has 18 heavy (non-hydrogen) atoms. The first kappa shape index (κ1) is 12.4. The molecule has 1 aromatic carbocycles. The lowest BCUT2D eigenvalue weighted by Crippen LogP contribution is -2.14. The summed E-state index contributed by atoms with van der Waals surface area (Å²) in [5, 5.41) is 2.20. The van der Waals surface area contributed by atoms with E-state index in [2.05, 4.69) is 58.0 Å². The van der Waals surface area contributed by atoms with Gasteiger partial charge in [-0.15, -0.1) is 9.24 Å². The molecule has 2 aliphatic heterocycles. The molecule has 1 nitrogen and oxygen atoms in total. The van der Waals surface area contributed by atoms with Crippen LogP contribution in [0.5, 0.6) is 0 Å². The van der Waals surface area contributed by atoms with E-state index < -0.39 is 9.24 Å². The molecular formula is C14H13BrClNS. The summed E-state index contributed by atoms with van der Waals surface area (Å²) in [5.74, 6) is 0.916. The van der Waals surface area contributed by atoms with Gasteiger partial charge in [-0.25, -0.2) is 0 Å². The molecule has 0 saturated carbocycles. The van der Waals surface area contributed by atoms with E-state index in [1.54, 1.807) is 0 Å². The smallest absolute Gasteiger partial charge is 0.0604 e. The second kappa shape index (κ2) is 4.80. The van der Waals surface area contributed by atoms with Crippen molar-refractivity contribution in [3.63, 3.8) is 0 Å². The lowest BCUT2D eigenvalue weighted by Gasteiger charge is -2.33. The topological polar surface area (TPSA) is 3.24 Å². The molecule has 1 aromatic rings. The predicted molar refractivity (Wildman–Crippen MR) is 84.5 cm³/mol. The second-order valence-corrected chi connectivity index (χ2v) is 9.41. The monoisotopic (exact) mass is 341 g/mol. The second-order valence-electron chi connectivity index (χ2n) is 4.39. The first-order valence-corrected chi connectivity index (χ1v) is 9.14. The molecule has 0 amide bonds. The third-order valence-electron chi connectivity index (χ3n) is 3.12. The molecular weight excluding hydrogens is 330 g/mol. The molecule has 94 valence electrons. The average molecular weight is 343 g/mol. The molecule has 1 atom stereocenters. The third-order valence-corrected chi connectivity index (χ3v) is 7.31. The van der Waals surface area contributed by atoms with E-state index in [0.717, 1.165) is 12.3 Å². The molecule has 3 rings (SSSR count). The quantitative estimate of drug-likeness (QED) is 0.679. The fraction of sp³-hybridized carbons (Fsp3) is 0.143. The Morgan fingerprint density at radius 1 is 1.22 bits per heavy atom. The van der Waals surface area contributed by atoms with Crippen LogP contribution in [0.2, 0.25) is 0 Å². The van der Waals surface area contributed by atoms with Crippen molar-refractivity contribution in [1.82, 2.24) is 3.93 Å². The van der Waals surface area contributed by atoms with Crippen molar-refractivity contribution in [3.8, 4) is 0 Å². The fourth-order valence-electron chi connectivity index (χ4n) is 2.20. The highest BCUT2D eigenvalue weighted by Crippen LogP contribution is 2.68. The van der Waals surface area contributed by atoms with Crippen molar-refractivity contribution in [2.45, 2.75) is 5.75 Å². The van der Waals surface area contributed by atoms with Gasteiger partial charge in [-0.1, -0.05) is 41.0 Å². The minimum Gasteiger partial charge on any atom is -0.311 e. The van der Waals surface area contributed by atoms with E-state index in [9.17, 15) is 0 Å². The Kier molecular flexibility index (Phi) is 3.31. The van der Waals surface area contributed by atoms with Crippen LogP contribution >= 0.6 is 36.1 Å². The summed E-state index contributed by atoms with van der Waals surface area (Å²) < 4.78 is 2.01. The number of nitrogens with zero attached hydrogens (tertiary/aromatic N) is 1. The Labute approximate surface area is 122 Å². The summed E-state index contributed by atoms with van der Waals surface area (Å²) in [6.07, 6.45) is 6.32. The van der Waals surface area contributed by atoms with Crippen LogP contribution in [0.15, 0.2) is 64.6 Å². The van der Waals surface area contributed by atoms with Gasteiger partial charge in [0, 0.05) is 33.0 Å². The Bertz CT molecular complexity index is 552. The lowest BCUT2D eigenvalue weighted by molar-refractivity contribution is 0.704. The highest BCUT2D eigenvalue weighted by atomic mass is 79.9. The maximum absolute atomic E-state index is 6.90. The molecule has 0 fully saturated rings. The van der Waals surface area contributed by atoms with Crippen molar-refractivity contribution in [2.75, 3.05) is 6.54 Å². The average Bonchev–Trinajstić information content (AvgIpc) is 2.68. The zero-order valence-electron chi connectivity index (χ0n) is 9.72. The molecule has 2 aliphatic rings. The maximum atomic E-state index is 6.90. The summed E-state index contributed by atoms with van der Waals surface area (Å²) in [5.41, 5.74) is 2.59. The van der Waals surface area contributed by atoms with Gasteiger partial charge in [-0.3, -0.25) is 0 Å². The van der Waals surface area contributed by atoms with Crippen LogP contribution in [-0.2, 0) is 5.75 Å². The summed E-state index contributed by atoms with van der Waals surface area (Å²) in [4.78, 5) is 1.35. The van der Waals surface area contributed by atoms with Crippen LogP contribution < -0.4 is 0 Å². The first-order chi connectivity index (χ1) is 8.67. The maximum Gasteiger partial charge on any atom is 0.0604 e. The van der Waals surface area contributed by atoms with Crippen molar-refractivity contribution < 1.29 is 0 Å². The highest BCUT2D eigenvalue weighted by Gasteiger charge is 2.32. The van der Waals surface area contributed by atoms with Crippen molar-refractivity contribution in [3.05, 3.63) is 70.1 Å². The van der Waals surface area contributed by atoms with E-state index in [-0.39, 0.29) is 0 Å². The largest absolute Gasteiger partial charge is 0.311 e. The molecule has 0 aromatic heterocycles. The molecule has 0 saturated heterocycles. The van der Waals surface area contributed by atoms with Gasteiger partial charge < -0.3 is 3.93 Å². The standard InChI is InChI=1S/C14H13BrClNS/c15-17-8-6-13-7-9-18(16,14(13)10-17)11-12-4-2-1-3-5-12/h1-9H,10-11H2. The van der Waals surface area contributed by atoms with Crippen molar-refractivity contribution in [2.24, 2.45) is 0 Å². The van der Waals surface area contributed by atoms with Gasteiger partial charge >= 0.3 is 0 Å². The summed E-state index contributed by atoms with van der Waals surface area (Å²) in [6, 6.07) is 10.5. The van der Waals surface area contributed by atoms with Crippen LogP contribution in [0.3, 0.4) is 0 Å². The van der Waals surface area contributed by atoms with E-state index in [1.807, 2.05) is 16.2 Å². The Morgan fingerprint density at radius 2 is 2.00 bits per heavy atom. The molecule has 0 bridgehead atoms.